The van der Waals surface area contributed by atoms with E-state index in [1.54, 1.807) is 31.2 Å². The Kier molecular flexibility index (Phi) is 3.85. The van der Waals surface area contributed by atoms with Crippen LogP contribution in [0.3, 0.4) is 0 Å². The SMILES string of the molecule is CC1=C(Oc2ccc(N)cc2)C(=O)N(C2CCOCC2)C1=O. The van der Waals surface area contributed by atoms with Gasteiger partial charge in [0.15, 0.2) is 0 Å². The van der Waals surface area contributed by atoms with Crippen LogP contribution in [0, 0.1) is 0 Å². The lowest BCUT2D eigenvalue weighted by atomic mass is 10.1. The van der Waals surface area contributed by atoms with Gasteiger partial charge in [-0.3, -0.25) is 14.5 Å². The molecule has 2 aliphatic rings. The third-order valence-electron chi connectivity index (χ3n) is 3.95. The van der Waals surface area contributed by atoms with Gasteiger partial charge in [0.2, 0.25) is 5.76 Å². The summed E-state index contributed by atoms with van der Waals surface area (Å²) in [6.45, 7) is 2.75. The summed E-state index contributed by atoms with van der Waals surface area (Å²) >= 11 is 0. The van der Waals surface area contributed by atoms with E-state index in [0.29, 0.717) is 43.1 Å². The van der Waals surface area contributed by atoms with Crippen molar-refractivity contribution in [2.24, 2.45) is 0 Å². The highest BCUT2D eigenvalue weighted by Gasteiger charge is 2.42. The molecule has 2 amide bonds. The molecule has 0 radical (unpaired) electrons. The van der Waals surface area contributed by atoms with Crippen molar-refractivity contribution in [2.75, 3.05) is 18.9 Å². The Morgan fingerprint density at radius 1 is 1.14 bits per heavy atom. The first-order valence-corrected chi connectivity index (χ1v) is 7.28. The quantitative estimate of drug-likeness (QED) is 0.675. The molecule has 0 unspecified atom stereocenters. The number of nitrogen functional groups attached to an aromatic ring is 1. The van der Waals surface area contributed by atoms with Crippen LogP contribution < -0.4 is 10.5 Å². The summed E-state index contributed by atoms with van der Waals surface area (Å²) in [5.74, 6) is -0.0617. The molecule has 2 heterocycles. The van der Waals surface area contributed by atoms with E-state index >= 15 is 0 Å². The predicted molar refractivity (Wildman–Crippen MR) is 79.9 cm³/mol. The zero-order valence-corrected chi connectivity index (χ0v) is 12.4. The minimum absolute atomic E-state index is 0.0984. The van der Waals surface area contributed by atoms with Gasteiger partial charge in [0, 0.05) is 24.9 Å². The van der Waals surface area contributed by atoms with E-state index in [-0.39, 0.29) is 23.6 Å². The van der Waals surface area contributed by atoms with Crippen molar-refractivity contribution >= 4 is 17.5 Å². The minimum atomic E-state index is -0.369. The second-order valence-electron chi connectivity index (χ2n) is 5.45. The van der Waals surface area contributed by atoms with Crippen LogP contribution in [0.4, 0.5) is 5.69 Å². The van der Waals surface area contributed by atoms with Gasteiger partial charge in [-0.2, -0.15) is 0 Å². The maximum atomic E-state index is 12.6. The molecule has 6 heteroatoms. The molecule has 1 saturated heterocycles. The summed E-state index contributed by atoms with van der Waals surface area (Å²) in [6.07, 6.45) is 1.33. The van der Waals surface area contributed by atoms with Crippen molar-refractivity contribution in [1.82, 2.24) is 4.90 Å². The maximum absolute atomic E-state index is 12.6. The van der Waals surface area contributed by atoms with Crippen LogP contribution in [-0.4, -0.2) is 36.0 Å². The molecular weight excluding hydrogens is 284 g/mol. The van der Waals surface area contributed by atoms with Gasteiger partial charge in [0.25, 0.3) is 11.8 Å². The van der Waals surface area contributed by atoms with E-state index in [9.17, 15) is 9.59 Å². The first-order chi connectivity index (χ1) is 10.6. The number of nitrogens with two attached hydrogens (primary N) is 1. The fourth-order valence-electron chi connectivity index (χ4n) is 2.69. The maximum Gasteiger partial charge on any atom is 0.297 e. The smallest absolute Gasteiger partial charge is 0.297 e. The topological polar surface area (TPSA) is 81.9 Å². The predicted octanol–water partition coefficient (Wildman–Crippen LogP) is 1.47. The molecule has 2 aliphatic heterocycles. The van der Waals surface area contributed by atoms with Crippen molar-refractivity contribution < 1.29 is 19.1 Å². The molecule has 3 rings (SSSR count). The van der Waals surface area contributed by atoms with Crippen LogP contribution in [0.5, 0.6) is 5.75 Å². The zero-order valence-electron chi connectivity index (χ0n) is 12.4. The van der Waals surface area contributed by atoms with Crippen LogP contribution in [0.1, 0.15) is 19.8 Å². The molecule has 22 heavy (non-hydrogen) atoms. The third kappa shape index (κ3) is 2.57. The highest BCUT2D eigenvalue weighted by Crippen LogP contribution is 2.28. The molecule has 116 valence electrons. The average molecular weight is 302 g/mol. The average Bonchev–Trinajstić information content (AvgIpc) is 2.74. The van der Waals surface area contributed by atoms with Gasteiger partial charge in [-0.05, 0) is 44.0 Å². The van der Waals surface area contributed by atoms with E-state index in [4.69, 9.17) is 15.2 Å². The normalized spacial score (nSPS) is 20.0. The number of anilines is 1. The molecule has 1 aromatic rings. The van der Waals surface area contributed by atoms with E-state index < -0.39 is 0 Å². The molecule has 0 spiro atoms. The van der Waals surface area contributed by atoms with Crippen molar-refractivity contribution in [3.05, 3.63) is 35.6 Å². The van der Waals surface area contributed by atoms with Crippen LogP contribution in [-0.2, 0) is 14.3 Å². The lowest BCUT2D eigenvalue weighted by Gasteiger charge is -2.29. The number of hydrogen-bond acceptors (Lipinski definition) is 5. The van der Waals surface area contributed by atoms with Crippen LogP contribution >= 0.6 is 0 Å². The van der Waals surface area contributed by atoms with E-state index in [2.05, 4.69) is 0 Å². The molecule has 0 bridgehead atoms. The number of rotatable bonds is 3. The van der Waals surface area contributed by atoms with Gasteiger partial charge in [-0.15, -0.1) is 0 Å². The largest absolute Gasteiger partial charge is 0.451 e. The highest BCUT2D eigenvalue weighted by molar-refractivity contribution is 6.18. The number of imide groups is 1. The Hall–Kier alpha value is -2.34. The number of carbonyl (C=O) groups is 2. The lowest BCUT2D eigenvalue weighted by molar-refractivity contribution is -0.143. The molecule has 1 aromatic carbocycles. The number of hydrogen-bond donors (Lipinski definition) is 1. The summed E-state index contributed by atoms with van der Waals surface area (Å²) in [5.41, 5.74) is 6.57. The number of amides is 2. The Morgan fingerprint density at radius 2 is 1.77 bits per heavy atom. The van der Waals surface area contributed by atoms with Crippen molar-refractivity contribution in [1.29, 1.82) is 0 Å². The zero-order chi connectivity index (χ0) is 15.7. The van der Waals surface area contributed by atoms with Gasteiger partial charge in [-0.25, -0.2) is 0 Å². The Balaban J connectivity index is 1.80. The summed E-state index contributed by atoms with van der Waals surface area (Å²) in [5, 5.41) is 0. The number of ether oxygens (including phenoxy) is 2. The monoisotopic (exact) mass is 302 g/mol. The minimum Gasteiger partial charge on any atom is -0.451 e. The summed E-state index contributed by atoms with van der Waals surface area (Å²) in [7, 11) is 0. The number of benzene rings is 1. The van der Waals surface area contributed by atoms with Crippen molar-refractivity contribution in [2.45, 2.75) is 25.8 Å². The summed E-state index contributed by atoms with van der Waals surface area (Å²) in [6, 6.07) is 6.59. The second-order valence-corrected chi connectivity index (χ2v) is 5.45. The fraction of sp³-hybridized carbons (Fsp3) is 0.375. The number of carbonyl (C=O) groups excluding carboxylic acids is 2. The third-order valence-corrected chi connectivity index (χ3v) is 3.95. The fourth-order valence-corrected chi connectivity index (χ4v) is 2.69. The molecular formula is C16H18N2O4. The van der Waals surface area contributed by atoms with Gasteiger partial charge >= 0.3 is 0 Å². The van der Waals surface area contributed by atoms with Gasteiger partial charge in [-0.1, -0.05) is 0 Å². The molecule has 1 fully saturated rings. The van der Waals surface area contributed by atoms with E-state index in [1.165, 1.54) is 4.90 Å². The molecule has 2 N–H and O–H groups in total. The molecule has 0 atom stereocenters. The van der Waals surface area contributed by atoms with Gasteiger partial charge < -0.3 is 15.2 Å². The van der Waals surface area contributed by atoms with Gasteiger partial charge in [0.05, 0.1) is 5.57 Å². The Bertz CT molecular complexity index is 630. The van der Waals surface area contributed by atoms with E-state index in [0.717, 1.165) is 0 Å². The molecule has 0 saturated carbocycles. The first-order valence-electron chi connectivity index (χ1n) is 7.28. The van der Waals surface area contributed by atoms with Crippen molar-refractivity contribution in [3.63, 3.8) is 0 Å². The van der Waals surface area contributed by atoms with Crippen molar-refractivity contribution in [3.8, 4) is 5.75 Å². The molecule has 6 nitrogen and oxygen atoms in total. The molecule has 0 aromatic heterocycles. The Morgan fingerprint density at radius 3 is 2.41 bits per heavy atom. The van der Waals surface area contributed by atoms with Gasteiger partial charge in [0.1, 0.15) is 5.75 Å². The lowest BCUT2D eigenvalue weighted by Crippen LogP contribution is -2.44. The van der Waals surface area contributed by atoms with Crippen LogP contribution in [0.15, 0.2) is 35.6 Å². The van der Waals surface area contributed by atoms with Crippen LogP contribution in [0.2, 0.25) is 0 Å². The number of nitrogens with zero attached hydrogens (tertiary/aromatic N) is 1. The summed E-state index contributed by atoms with van der Waals surface area (Å²) in [4.78, 5) is 26.2. The standard InChI is InChI=1S/C16H18N2O4/c1-10-14(22-13-4-2-11(17)3-5-13)16(20)18(15(10)19)12-6-8-21-9-7-12/h2-5,12H,6-9,17H2,1H3. The molecule has 0 aliphatic carbocycles. The Labute approximate surface area is 128 Å². The van der Waals surface area contributed by atoms with Crippen LogP contribution in [0.25, 0.3) is 0 Å². The first kappa shape index (κ1) is 14.6. The summed E-state index contributed by atoms with van der Waals surface area (Å²) < 4.78 is 10.9. The highest BCUT2D eigenvalue weighted by atomic mass is 16.5. The van der Waals surface area contributed by atoms with E-state index in [1.807, 2.05) is 0 Å². The second kappa shape index (κ2) is 5.81.